The monoisotopic (exact) mass is 271 g/mol. The van der Waals surface area contributed by atoms with Gasteiger partial charge in [0.05, 0.1) is 12.0 Å². The number of nitrogens with one attached hydrogen (secondary N) is 1. The van der Waals surface area contributed by atoms with E-state index in [0.717, 1.165) is 18.6 Å². The van der Waals surface area contributed by atoms with Gasteiger partial charge in [-0.15, -0.1) is 0 Å². The molecule has 0 aliphatic rings. The number of rotatable bonds is 6. The maximum Gasteiger partial charge on any atom is 0.224 e. The van der Waals surface area contributed by atoms with Crippen LogP contribution < -0.4 is 5.32 Å². The van der Waals surface area contributed by atoms with Crippen LogP contribution in [0.15, 0.2) is 18.2 Å². The first kappa shape index (κ1) is 15.6. The number of benzene rings is 1. The van der Waals surface area contributed by atoms with Crippen LogP contribution in [0.3, 0.4) is 0 Å². The summed E-state index contributed by atoms with van der Waals surface area (Å²) in [6.45, 7) is 3.73. The zero-order valence-electron chi connectivity index (χ0n) is 11.2. The highest BCUT2D eigenvalue weighted by Gasteiger charge is 2.19. The molecule has 1 aromatic carbocycles. The number of amides is 1. The molecule has 1 amide bonds. The molecule has 0 bridgehead atoms. The molecule has 0 aromatic heterocycles. The van der Waals surface area contributed by atoms with Crippen molar-refractivity contribution in [3.05, 3.63) is 35.4 Å². The number of hydrogen-bond acceptors (Lipinski definition) is 2. The largest absolute Gasteiger partial charge is 0.388 e. The van der Waals surface area contributed by atoms with Crippen LogP contribution in [0.1, 0.15) is 32.3 Å². The van der Waals surface area contributed by atoms with Crippen LogP contribution in [-0.4, -0.2) is 23.2 Å². The lowest BCUT2D eigenvalue weighted by atomic mass is 10.0. The Hall–Kier alpha value is -1.49. The van der Waals surface area contributed by atoms with E-state index < -0.39 is 17.2 Å². The molecule has 106 valence electrons. The summed E-state index contributed by atoms with van der Waals surface area (Å²) in [6, 6.07) is 3.35. The van der Waals surface area contributed by atoms with Gasteiger partial charge < -0.3 is 10.4 Å². The number of hydrogen-bond donors (Lipinski definition) is 2. The quantitative estimate of drug-likeness (QED) is 0.833. The summed E-state index contributed by atoms with van der Waals surface area (Å²) in [5.74, 6) is -2.24. The Kier molecular flexibility index (Phi) is 5.42. The average Bonchev–Trinajstić information content (AvgIpc) is 2.32. The molecule has 0 radical (unpaired) electrons. The van der Waals surface area contributed by atoms with Gasteiger partial charge in [-0.1, -0.05) is 19.4 Å². The zero-order chi connectivity index (χ0) is 14.5. The summed E-state index contributed by atoms with van der Waals surface area (Å²) < 4.78 is 25.7. The number of aliphatic hydroxyl groups is 1. The minimum absolute atomic E-state index is 0.0423. The summed E-state index contributed by atoms with van der Waals surface area (Å²) >= 11 is 0. The highest BCUT2D eigenvalue weighted by molar-refractivity contribution is 5.78. The normalized spacial score (nSPS) is 13.9. The van der Waals surface area contributed by atoms with Gasteiger partial charge in [0.1, 0.15) is 0 Å². The number of halogens is 2. The highest BCUT2D eigenvalue weighted by Crippen LogP contribution is 2.11. The zero-order valence-corrected chi connectivity index (χ0v) is 11.2. The van der Waals surface area contributed by atoms with E-state index in [2.05, 4.69) is 5.32 Å². The molecule has 1 rings (SSSR count). The van der Waals surface area contributed by atoms with Gasteiger partial charge in [0, 0.05) is 6.54 Å². The fourth-order valence-corrected chi connectivity index (χ4v) is 1.81. The molecule has 1 aromatic rings. The lowest BCUT2D eigenvalue weighted by Crippen LogP contribution is -2.41. The molecule has 2 N–H and O–H groups in total. The van der Waals surface area contributed by atoms with Crippen molar-refractivity contribution in [3.63, 3.8) is 0 Å². The summed E-state index contributed by atoms with van der Waals surface area (Å²) in [6.07, 6.45) is 1.35. The third-order valence-corrected chi connectivity index (χ3v) is 2.80. The predicted octanol–water partition coefficient (Wildman–Crippen LogP) is 2.17. The average molecular weight is 271 g/mol. The van der Waals surface area contributed by atoms with Crippen molar-refractivity contribution in [1.82, 2.24) is 5.32 Å². The van der Waals surface area contributed by atoms with Gasteiger partial charge in [-0.3, -0.25) is 4.79 Å². The molecule has 1 atom stereocenters. The van der Waals surface area contributed by atoms with Crippen molar-refractivity contribution in [3.8, 4) is 0 Å². The minimum Gasteiger partial charge on any atom is -0.388 e. The van der Waals surface area contributed by atoms with Crippen molar-refractivity contribution < 1.29 is 18.7 Å². The van der Waals surface area contributed by atoms with E-state index in [1.165, 1.54) is 6.07 Å². The smallest absolute Gasteiger partial charge is 0.224 e. The van der Waals surface area contributed by atoms with Gasteiger partial charge in [-0.25, -0.2) is 8.78 Å². The molecule has 0 aliphatic heterocycles. The molecule has 5 heteroatoms. The second kappa shape index (κ2) is 6.61. The van der Waals surface area contributed by atoms with Crippen LogP contribution in [-0.2, 0) is 11.2 Å². The molecule has 0 aliphatic carbocycles. The van der Waals surface area contributed by atoms with E-state index >= 15 is 0 Å². The molecule has 0 saturated heterocycles. The van der Waals surface area contributed by atoms with Crippen LogP contribution in [0.4, 0.5) is 8.78 Å². The summed E-state index contributed by atoms with van der Waals surface area (Å²) in [5.41, 5.74) is -0.551. The second-order valence-electron chi connectivity index (χ2n) is 4.95. The van der Waals surface area contributed by atoms with E-state index in [-0.39, 0.29) is 18.9 Å². The third-order valence-electron chi connectivity index (χ3n) is 2.80. The van der Waals surface area contributed by atoms with E-state index in [0.29, 0.717) is 12.0 Å². The van der Waals surface area contributed by atoms with Gasteiger partial charge in [-0.2, -0.15) is 0 Å². The third kappa shape index (κ3) is 5.34. The maximum atomic E-state index is 13.0. The molecular weight excluding hydrogens is 252 g/mol. The van der Waals surface area contributed by atoms with Crippen LogP contribution in [0.2, 0.25) is 0 Å². The topological polar surface area (TPSA) is 49.3 Å². The Morgan fingerprint density at radius 3 is 2.63 bits per heavy atom. The Morgan fingerprint density at radius 2 is 2.05 bits per heavy atom. The number of carbonyl (C=O) groups is 1. The van der Waals surface area contributed by atoms with Crippen molar-refractivity contribution in [2.24, 2.45) is 0 Å². The van der Waals surface area contributed by atoms with Crippen LogP contribution in [0, 0.1) is 11.6 Å². The molecule has 3 nitrogen and oxygen atoms in total. The Balaban J connectivity index is 2.49. The Labute approximate surface area is 111 Å². The minimum atomic E-state index is -0.969. The molecular formula is C14H19F2NO2. The molecule has 0 spiro atoms. The van der Waals surface area contributed by atoms with Crippen molar-refractivity contribution in [1.29, 1.82) is 0 Å². The first-order chi connectivity index (χ1) is 8.84. The summed E-state index contributed by atoms with van der Waals surface area (Å²) in [4.78, 5) is 11.6. The Bertz CT molecular complexity index is 447. The van der Waals surface area contributed by atoms with E-state index in [4.69, 9.17) is 0 Å². The maximum absolute atomic E-state index is 13.0. The van der Waals surface area contributed by atoms with E-state index in [1.807, 2.05) is 6.92 Å². The first-order valence-corrected chi connectivity index (χ1v) is 6.27. The summed E-state index contributed by atoms with van der Waals surface area (Å²) in [5, 5.41) is 12.5. The fraction of sp³-hybridized carbons (Fsp3) is 0.500. The Morgan fingerprint density at radius 1 is 1.37 bits per heavy atom. The lowest BCUT2D eigenvalue weighted by Gasteiger charge is -2.22. The molecule has 19 heavy (non-hydrogen) atoms. The summed E-state index contributed by atoms with van der Waals surface area (Å²) in [7, 11) is 0. The first-order valence-electron chi connectivity index (χ1n) is 6.27. The molecule has 0 heterocycles. The number of carbonyl (C=O) groups excluding carboxylic acids is 1. The second-order valence-corrected chi connectivity index (χ2v) is 4.95. The van der Waals surface area contributed by atoms with Gasteiger partial charge in [-0.05, 0) is 31.0 Å². The van der Waals surface area contributed by atoms with Crippen molar-refractivity contribution in [2.45, 2.75) is 38.7 Å². The van der Waals surface area contributed by atoms with Gasteiger partial charge in [0.25, 0.3) is 0 Å². The van der Waals surface area contributed by atoms with Gasteiger partial charge >= 0.3 is 0 Å². The molecule has 0 saturated carbocycles. The highest BCUT2D eigenvalue weighted by atomic mass is 19.2. The van der Waals surface area contributed by atoms with E-state index in [1.54, 1.807) is 6.92 Å². The van der Waals surface area contributed by atoms with Gasteiger partial charge in [0.15, 0.2) is 11.6 Å². The van der Waals surface area contributed by atoms with Crippen LogP contribution >= 0.6 is 0 Å². The van der Waals surface area contributed by atoms with Crippen molar-refractivity contribution in [2.75, 3.05) is 6.54 Å². The molecule has 1 unspecified atom stereocenters. The van der Waals surface area contributed by atoms with Crippen LogP contribution in [0.5, 0.6) is 0 Å². The van der Waals surface area contributed by atoms with Crippen LogP contribution in [0.25, 0.3) is 0 Å². The van der Waals surface area contributed by atoms with Crippen molar-refractivity contribution >= 4 is 5.91 Å². The van der Waals surface area contributed by atoms with Gasteiger partial charge in [0.2, 0.25) is 5.91 Å². The SMILES string of the molecule is CCCC(C)(O)CNC(=O)Cc1ccc(F)c(F)c1. The fourth-order valence-electron chi connectivity index (χ4n) is 1.81. The van der Waals surface area contributed by atoms with E-state index in [9.17, 15) is 18.7 Å². The lowest BCUT2D eigenvalue weighted by molar-refractivity contribution is -0.121. The molecule has 0 fully saturated rings. The predicted molar refractivity (Wildman–Crippen MR) is 68.6 cm³/mol. The standard InChI is InChI=1S/C14H19F2NO2/c1-3-6-14(2,19)9-17-13(18)8-10-4-5-11(15)12(16)7-10/h4-5,7,19H,3,6,8-9H2,1-2H3,(H,17,18).